The Hall–Kier alpha value is -2.67. The Kier molecular flexibility index (Phi) is 5.99. The molecule has 176 valence electrons. The van der Waals surface area contributed by atoms with Gasteiger partial charge >= 0.3 is 6.09 Å². The molecule has 0 bridgehead atoms. The Morgan fingerprint density at radius 3 is 2.61 bits per heavy atom. The van der Waals surface area contributed by atoms with E-state index in [1.54, 1.807) is 6.07 Å². The summed E-state index contributed by atoms with van der Waals surface area (Å²) in [5, 5.41) is 0. The number of piperazine rings is 1. The molecule has 1 aromatic heterocycles. The van der Waals surface area contributed by atoms with E-state index >= 15 is 0 Å². The summed E-state index contributed by atoms with van der Waals surface area (Å²) < 4.78 is 19.2. The summed E-state index contributed by atoms with van der Waals surface area (Å²) >= 11 is 0. The van der Waals surface area contributed by atoms with Gasteiger partial charge < -0.3 is 14.5 Å². The van der Waals surface area contributed by atoms with Crippen molar-refractivity contribution in [3.05, 3.63) is 47.9 Å². The number of hydrogen-bond donors (Lipinski definition) is 0. The fraction of sp³-hybridized carbons (Fsp3) is 0.538. The minimum absolute atomic E-state index is 0.170. The second kappa shape index (κ2) is 8.93. The molecule has 1 aliphatic carbocycles. The lowest BCUT2D eigenvalue weighted by Gasteiger charge is -2.48. The minimum Gasteiger partial charge on any atom is -0.450 e. The number of anilines is 1. The van der Waals surface area contributed by atoms with E-state index in [0.717, 1.165) is 62.6 Å². The number of likely N-dealkylation sites (tertiary alicyclic amines) is 1. The molecule has 2 aliphatic heterocycles. The van der Waals surface area contributed by atoms with Crippen molar-refractivity contribution in [2.45, 2.75) is 39.2 Å². The molecule has 6 nitrogen and oxygen atoms in total. The van der Waals surface area contributed by atoms with Crippen molar-refractivity contribution in [3.63, 3.8) is 0 Å². The van der Waals surface area contributed by atoms with Crippen molar-refractivity contribution in [3.8, 4) is 11.1 Å². The molecule has 1 atom stereocenters. The van der Waals surface area contributed by atoms with E-state index < -0.39 is 0 Å². The van der Waals surface area contributed by atoms with Crippen LogP contribution in [0.25, 0.3) is 11.1 Å². The number of benzene rings is 1. The van der Waals surface area contributed by atoms with Gasteiger partial charge in [-0.3, -0.25) is 4.90 Å². The van der Waals surface area contributed by atoms with E-state index in [1.807, 2.05) is 24.0 Å². The highest BCUT2D eigenvalue weighted by atomic mass is 19.1. The molecule has 3 aliphatic rings. The van der Waals surface area contributed by atoms with Crippen molar-refractivity contribution in [2.24, 2.45) is 5.41 Å². The van der Waals surface area contributed by atoms with Crippen LogP contribution in [0.15, 0.2) is 36.5 Å². The third-order valence-corrected chi connectivity index (χ3v) is 7.58. The molecule has 33 heavy (non-hydrogen) atoms. The van der Waals surface area contributed by atoms with Gasteiger partial charge in [0.1, 0.15) is 11.6 Å². The lowest BCUT2D eigenvalue weighted by molar-refractivity contribution is -0.00294. The molecule has 2 aromatic rings. The van der Waals surface area contributed by atoms with Gasteiger partial charge in [0.2, 0.25) is 0 Å². The monoisotopic (exact) mass is 452 g/mol. The Morgan fingerprint density at radius 1 is 1.18 bits per heavy atom. The van der Waals surface area contributed by atoms with Gasteiger partial charge in [0.15, 0.2) is 0 Å². The lowest BCUT2D eigenvalue weighted by atomic mass is 9.78. The quantitative estimate of drug-likeness (QED) is 0.691. The number of rotatable bonds is 4. The number of aryl methyl sites for hydroxylation is 1. The van der Waals surface area contributed by atoms with Crippen LogP contribution in [0.1, 0.15) is 31.7 Å². The lowest BCUT2D eigenvalue weighted by Crippen LogP contribution is -2.58. The third kappa shape index (κ3) is 4.43. The van der Waals surface area contributed by atoms with Crippen LogP contribution < -0.4 is 4.90 Å². The molecule has 0 N–H and O–H groups in total. The average molecular weight is 453 g/mol. The maximum Gasteiger partial charge on any atom is 0.409 e. The van der Waals surface area contributed by atoms with Crippen molar-refractivity contribution in [1.29, 1.82) is 0 Å². The smallest absolute Gasteiger partial charge is 0.409 e. The first-order valence-corrected chi connectivity index (χ1v) is 12.1. The number of hydrogen-bond acceptors (Lipinski definition) is 5. The topological polar surface area (TPSA) is 48.9 Å². The molecule has 0 radical (unpaired) electrons. The maximum absolute atomic E-state index is 14.1. The van der Waals surface area contributed by atoms with Crippen LogP contribution >= 0.6 is 0 Å². The fourth-order valence-corrected chi connectivity index (χ4v) is 5.81. The maximum atomic E-state index is 14.1. The van der Waals surface area contributed by atoms with E-state index in [1.165, 1.54) is 24.6 Å². The molecular weight excluding hydrogens is 419 g/mol. The number of pyridine rings is 1. The molecule has 2 saturated heterocycles. The number of aromatic nitrogens is 1. The predicted molar refractivity (Wildman–Crippen MR) is 127 cm³/mol. The van der Waals surface area contributed by atoms with Gasteiger partial charge in [-0.25, -0.2) is 14.2 Å². The highest BCUT2D eigenvalue weighted by molar-refractivity contribution is 5.76. The number of halogens is 1. The molecule has 0 unspecified atom stereocenters. The number of carbonyl (C=O) groups excluding carboxylic acids is 1. The molecular formula is C26H33FN4O2. The number of carbonyl (C=O) groups is 1. The predicted octanol–water partition coefficient (Wildman–Crippen LogP) is 4.33. The van der Waals surface area contributed by atoms with E-state index in [0.29, 0.717) is 12.6 Å². The first-order valence-electron chi connectivity index (χ1n) is 12.1. The molecule has 3 fully saturated rings. The summed E-state index contributed by atoms with van der Waals surface area (Å²) in [5.74, 6) is 0.563. The minimum atomic E-state index is -0.304. The Bertz CT molecular complexity index is 998. The largest absolute Gasteiger partial charge is 0.450 e. The second-order valence-electron chi connectivity index (χ2n) is 9.87. The SMILES string of the molecule is CCOC(=O)N1CC2(CC[C@@H](N3CCN(c4ncc(F)cc4-c4ccc(C)cc4)CC3)C2)C1. The van der Waals surface area contributed by atoms with Gasteiger partial charge in [-0.2, -0.15) is 0 Å². The average Bonchev–Trinajstić information content (AvgIpc) is 3.25. The molecule has 1 aromatic carbocycles. The van der Waals surface area contributed by atoms with Gasteiger partial charge in [-0.1, -0.05) is 29.8 Å². The van der Waals surface area contributed by atoms with Crippen LogP contribution in [0.4, 0.5) is 15.0 Å². The van der Waals surface area contributed by atoms with Crippen molar-refractivity contribution >= 4 is 11.9 Å². The zero-order valence-electron chi connectivity index (χ0n) is 19.6. The Balaban J connectivity index is 1.20. The first kappa shape index (κ1) is 22.1. The first-order chi connectivity index (χ1) is 16.0. The second-order valence-corrected chi connectivity index (χ2v) is 9.87. The van der Waals surface area contributed by atoms with Gasteiger partial charge in [-0.15, -0.1) is 0 Å². The Labute approximate surface area is 195 Å². The Morgan fingerprint density at radius 2 is 1.91 bits per heavy atom. The number of nitrogens with zero attached hydrogens (tertiary/aromatic N) is 4. The van der Waals surface area contributed by atoms with Crippen molar-refractivity contribution in [2.75, 3.05) is 50.8 Å². The van der Waals surface area contributed by atoms with Crippen molar-refractivity contribution < 1.29 is 13.9 Å². The van der Waals surface area contributed by atoms with Gasteiger partial charge in [0, 0.05) is 56.3 Å². The molecule has 7 heteroatoms. The summed E-state index contributed by atoms with van der Waals surface area (Å²) in [4.78, 5) is 23.2. The van der Waals surface area contributed by atoms with E-state index in [2.05, 4.69) is 33.8 Å². The molecule has 1 amide bonds. The summed E-state index contributed by atoms with van der Waals surface area (Å²) in [7, 11) is 0. The molecule has 3 heterocycles. The standard InChI is InChI=1S/C26H33FN4O2/c1-3-33-25(32)31-17-26(18-31)9-8-22(15-26)29-10-12-30(13-11-29)24-23(14-21(27)16-28-24)20-6-4-19(2)5-7-20/h4-7,14,16,22H,3,8-13,15,17-18H2,1-2H3/t22-/m1/s1. The molecule has 1 spiro atoms. The third-order valence-electron chi connectivity index (χ3n) is 7.58. The van der Waals surface area contributed by atoms with Crippen molar-refractivity contribution in [1.82, 2.24) is 14.8 Å². The van der Waals surface area contributed by atoms with Crippen LogP contribution in [0.2, 0.25) is 0 Å². The highest BCUT2D eigenvalue weighted by Crippen LogP contribution is 2.47. The normalized spacial score (nSPS) is 22.5. The zero-order valence-corrected chi connectivity index (χ0v) is 19.6. The number of ether oxygens (including phenoxy) is 1. The number of amides is 1. The van der Waals surface area contributed by atoms with E-state index in [9.17, 15) is 9.18 Å². The van der Waals surface area contributed by atoms with Crippen LogP contribution in [0.3, 0.4) is 0 Å². The van der Waals surface area contributed by atoms with E-state index in [4.69, 9.17) is 4.74 Å². The molecule has 1 saturated carbocycles. The van der Waals surface area contributed by atoms with Gasteiger partial charge in [-0.05, 0) is 44.7 Å². The van der Waals surface area contributed by atoms with Crippen LogP contribution in [-0.2, 0) is 4.74 Å². The van der Waals surface area contributed by atoms with E-state index in [-0.39, 0.29) is 17.3 Å². The fourth-order valence-electron chi connectivity index (χ4n) is 5.81. The summed E-state index contributed by atoms with van der Waals surface area (Å²) in [5.41, 5.74) is 3.33. The van der Waals surface area contributed by atoms with Crippen LogP contribution in [0, 0.1) is 18.2 Å². The summed E-state index contributed by atoms with van der Waals surface area (Å²) in [6, 6.07) is 10.4. The van der Waals surface area contributed by atoms with Gasteiger partial charge in [0.25, 0.3) is 0 Å². The highest BCUT2D eigenvalue weighted by Gasteiger charge is 2.51. The molecule has 5 rings (SSSR count). The summed E-state index contributed by atoms with van der Waals surface area (Å²) in [6.07, 6.45) is 4.69. The summed E-state index contributed by atoms with van der Waals surface area (Å²) in [6.45, 7) is 9.74. The van der Waals surface area contributed by atoms with Crippen LogP contribution in [0.5, 0.6) is 0 Å². The zero-order chi connectivity index (χ0) is 23.0. The van der Waals surface area contributed by atoms with Crippen LogP contribution in [-0.4, -0.2) is 72.8 Å². The van der Waals surface area contributed by atoms with Gasteiger partial charge in [0.05, 0.1) is 12.8 Å².